The van der Waals surface area contributed by atoms with Gasteiger partial charge in [0.1, 0.15) is 17.1 Å². The molecule has 0 spiro atoms. The summed E-state index contributed by atoms with van der Waals surface area (Å²) in [6.45, 7) is 1.62. The predicted octanol–water partition coefficient (Wildman–Crippen LogP) is 1.89. The zero-order valence-electron chi connectivity index (χ0n) is 7.36. The lowest BCUT2D eigenvalue weighted by Gasteiger charge is -1.99. The first kappa shape index (κ1) is 8.68. The number of hydrogen-bond donors (Lipinski definition) is 1. The number of rotatable bonds is 1. The minimum Gasteiger partial charge on any atom is -0.507 e. The summed E-state index contributed by atoms with van der Waals surface area (Å²) in [5.41, 5.74) is -0.0619. The van der Waals surface area contributed by atoms with Gasteiger partial charge in [-0.25, -0.2) is 4.39 Å². The summed E-state index contributed by atoms with van der Waals surface area (Å²) in [4.78, 5) is 3.82. The highest BCUT2D eigenvalue weighted by atomic mass is 19.1. The first-order chi connectivity index (χ1) is 6.68. The second-order valence-electron chi connectivity index (χ2n) is 2.78. The van der Waals surface area contributed by atoms with Crippen LogP contribution in [0.2, 0.25) is 0 Å². The highest BCUT2D eigenvalue weighted by molar-refractivity contribution is 5.62. The van der Waals surface area contributed by atoms with E-state index >= 15 is 0 Å². The second-order valence-corrected chi connectivity index (χ2v) is 2.78. The summed E-state index contributed by atoms with van der Waals surface area (Å²) in [5, 5.41) is 12.9. The molecule has 0 bridgehead atoms. The van der Waals surface area contributed by atoms with E-state index in [9.17, 15) is 9.50 Å². The van der Waals surface area contributed by atoms with Crippen LogP contribution in [0.15, 0.2) is 22.7 Å². The molecular weight excluding hydrogens is 187 g/mol. The zero-order valence-corrected chi connectivity index (χ0v) is 7.36. The molecule has 1 aromatic heterocycles. The fraction of sp³-hybridized carbons (Fsp3) is 0.111. The van der Waals surface area contributed by atoms with Gasteiger partial charge in [-0.1, -0.05) is 11.2 Å². The largest absolute Gasteiger partial charge is 0.507 e. The minimum absolute atomic E-state index is 0.0156. The molecule has 1 heterocycles. The smallest absolute Gasteiger partial charge is 0.264 e. The van der Waals surface area contributed by atoms with Crippen molar-refractivity contribution in [2.45, 2.75) is 6.92 Å². The monoisotopic (exact) mass is 194 g/mol. The summed E-state index contributed by atoms with van der Waals surface area (Å²) >= 11 is 0. The Hall–Kier alpha value is -1.91. The Kier molecular flexibility index (Phi) is 1.92. The van der Waals surface area contributed by atoms with Crippen LogP contribution in [-0.2, 0) is 0 Å². The zero-order chi connectivity index (χ0) is 10.1. The summed E-state index contributed by atoms with van der Waals surface area (Å²) < 4.78 is 18.0. The Morgan fingerprint density at radius 2 is 2.21 bits per heavy atom. The maximum atomic E-state index is 13.3. The molecule has 72 valence electrons. The summed E-state index contributed by atoms with van der Waals surface area (Å²) in [5.74, 6) is -0.428. The molecule has 0 radical (unpaired) electrons. The number of hydrogen-bond acceptors (Lipinski definition) is 4. The number of nitrogens with zero attached hydrogens (tertiary/aromatic N) is 2. The minimum atomic E-state index is -0.589. The molecule has 1 N–H and O–H groups in total. The molecule has 0 fully saturated rings. The number of aromatic nitrogens is 2. The van der Waals surface area contributed by atoms with E-state index in [1.54, 1.807) is 6.92 Å². The van der Waals surface area contributed by atoms with Crippen LogP contribution in [0.3, 0.4) is 0 Å². The summed E-state index contributed by atoms with van der Waals surface area (Å²) in [6, 6.07) is 3.98. The number of benzene rings is 1. The van der Waals surface area contributed by atoms with Crippen molar-refractivity contribution in [1.82, 2.24) is 10.1 Å². The lowest BCUT2D eigenvalue weighted by atomic mass is 10.2. The van der Waals surface area contributed by atoms with Gasteiger partial charge in [0.05, 0.1) is 0 Å². The van der Waals surface area contributed by atoms with Gasteiger partial charge < -0.3 is 9.63 Å². The predicted molar refractivity (Wildman–Crippen MR) is 46.1 cm³/mol. The Balaban J connectivity index is 2.61. The normalized spacial score (nSPS) is 10.4. The number of phenols is 1. The van der Waals surface area contributed by atoms with Crippen LogP contribution in [0.1, 0.15) is 5.82 Å². The lowest BCUT2D eigenvalue weighted by molar-refractivity contribution is 0.416. The maximum Gasteiger partial charge on any atom is 0.264 e. The van der Waals surface area contributed by atoms with E-state index in [-0.39, 0.29) is 17.2 Å². The van der Waals surface area contributed by atoms with E-state index in [4.69, 9.17) is 4.52 Å². The molecule has 0 amide bonds. The lowest BCUT2D eigenvalue weighted by Crippen LogP contribution is -1.85. The third-order valence-corrected chi connectivity index (χ3v) is 1.73. The number of aryl methyl sites for hydroxylation is 1. The van der Waals surface area contributed by atoms with Crippen molar-refractivity contribution in [3.05, 3.63) is 29.8 Å². The molecule has 0 aliphatic rings. The Morgan fingerprint density at radius 3 is 2.79 bits per heavy atom. The van der Waals surface area contributed by atoms with Crippen molar-refractivity contribution in [2.24, 2.45) is 0 Å². The van der Waals surface area contributed by atoms with Crippen molar-refractivity contribution in [3.8, 4) is 17.2 Å². The van der Waals surface area contributed by atoms with Crippen molar-refractivity contribution in [2.75, 3.05) is 0 Å². The van der Waals surface area contributed by atoms with Crippen LogP contribution in [0.25, 0.3) is 11.5 Å². The van der Waals surface area contributed by atoms with Crippen LogP contribution in [0, 0.1) is 12.7 Å². The molecule has 0 unspecified atom stereocenters. The molecule has 2 aromatic rings. The molecule has 14 heavy (non-hydrogen) atoms. The number of phenolic OH excluding ortho intramolecular Hbond substituents is 1. The Labute approximate surface area is 79.0 Å². The molecule has 1 aromatic carbocycles. The summed E-state index contributed by atoms with van der Waals surface area (Å²) in [7, 11) is 0. The van der Waals surface area contributed by atoms with Crippen LogP contribution in [-0.4, -0.2) is 15.2 Å². The fourth-order valence-corrected chi connectivity index (χ4v) is 1.12. The Bertz CT molecular complexity index is 447. The molecular formula is C9H7FN2O2. The van der Waals surface area contributed by atoms with Gasteiger partial charge in [-0.15, -0.1) is 0 Å². The molecule has 5 heteroatoms. The van der Waals surface area contributed by atoms with Crippen molar-refractivity contribution < 1.29 is 14.0 Å². The third kappa shape index (κ3) is 1.32. The SMILES string of the molecule is Cc1noc(-c2c(O)cccc2F)n1. The van der Waals surface area contributed by atoms with Crippen LogP contribution >= 0.6 is 0 Å². The van der Waals surface area contributed by atoms with Gasteiger partial charge in [-0.3, -0.25) is 0 Å². The standard InChI is InChI=1S/C9H7FN2O2/c1-5-11-9(14-12-5)8-6(10)3-2-4-7(8)13/h2-4,13H,1H3. The molecule has 0 aliphatic carbocycles. The van der Waals surface area contributed by atoms with Gasteiger partial charge >= 0.3 is 0 Å². The second kappa shape index (κ2) is 3.10. The van der Waals surface area contributed by atoms with E-state index in [1.807, 2.05) is 0 Å². The van der Waals surface area contributed by atoms with Crippen molar-refractivity contribution >= 4 is 0 Å². The van der Waals surface area contributed by atoms with E-state index in [1.165, 1.54) is 18.2 Å². The highest BCUT2D eigenvalue weighted by Gasteiger charge is 2.15. The first-order valence-corrected chi connectivity index (χ1v) is 3.96. The average Bonchev–Trinajstić information content (AvgIpc) is 2.51. The molecule has 0 aliphatic heterocycles. The van der Waals surface area contributed by atoms with E-state index in [2.05, 4.69) is 10.1 Å². The molecule has 0 saturated carbocycles. The highest BCUT2D eigenvalue weighted by Crippen LogP contribution is 2.29. The van der Waals surface area contributed by atoms with Gasteiger partial charge in [-0.2, -0.15) is 4.98 Å². The van der Waals surface area contributed by atoms with Gasteiger partial charge in [0.2, 0.25) is 0 Å². The molecule has 0 saturated heterocycles. The quantitative estimate of drug-likeness (QED) is 0.753. The van der Waals surface area contributed by atoms with Crippen LogP contribution in [0.5, 0.6) is 5.75 Å². The van der Waals surface area contributed by atoms with E-state index < -0.39 is 5.82 Å². The Morgan fingerprint density at radius 1 is 1.43 bits per heavy atom. The molecule has 4 nitrogen and oxygen atoms in total. The van der Waals surface area contributed by atoms with Gasteiger partial charge in [0.25, 0.3) is 5.89 Å². The fourth-order valence-electron chi connectivity index (χ4n) is 1.12. The number of aromatic hydroxyl groups is 1. The third-order valence-electron chi connectivity index (χ3n) is 1.73. The van der Waals surface area contributed by atoms with E-state index in [0.29, 0.717) is 5.82 Å². The number of halogens is 1. The molecule has 0 atom stereocenters. The van der Waals surface area contributed by atoms with Gasteiger partial charge in [0, 0.05) is 0 Å². The van der Waals surface area contributed by atoms with Crippen LogP contribution in [0.4, 0.5) is 4.39 Å². The van der Waals surface area contributed by atoms with Crippen LogP contribution < -0.4 is 0 Å². The first-order valence-electron chi connectivity index (χ1n) is 3.96. The molecule has 2 rings (SSSR count). The van der Waals surface area contributed by atoms with Gasteiger partial charge in [-0.05, 0) is 19.1 Å². The van der Waals surface area contributed by atoms with Crippen molar-refractivity contribution in [3.63, 3.8) is 0 Å². The summed E-state index contributed by atoms with van der Waals surface area (Å²) in [6.07, 6.45) is 0. The average molecular weight is 194 g/mol. The van der Waals surface area contributed by atoms with E-state index in [0.717, 1.165) is 0 Å². The maximum absolute atomic E-state index is 13.3. The van der Waals surface area contributed by atoms with Gasteiger partial charge in [0.15, 0.2) is 5.82 Å². The van der Waals surface area contributed by atoms with Crippen molar-refractivity contribution in [1.29, 1.82) is 0 Å². The topological polar surface area (TPSA) is 59.2 Å².